The minimum absolute atomic E-state index is 0.793. The van der Waals surface area contributed by atoms with E-state index >= 15 is 0 Å². The molecule has 0 aromatic carbocycles. The van der Waals surface area contributed by atoms with Gasteiger partial charge in [0.15, 0.2) is 0 Å². The molecule has 0 amide bonds. The first-order chi connectivity index (χ1) is 9.92. The van der Waals surface area contributed by atoms with Crippen molar-refractivity contribution in [2.24, 2.45) is 11.8 Å². The molecule has 3 rings (SSSR count). The van der Waals surface area contributed by atoms with Gasteiger partial charge in [-0.1, -0.05) is 44.9 Å². The fourth-order valence-electron chi connectivity index (χ4n) is 4.74. The van der Waals surface area contributed by atoms with Gasteiger partial charge in [-0.15, -0.1) is 0 Å². The molecule has 2 aliphatic carbocycles. The number of hydrogen-bond donors (Lipinski definition) is 1. The first kappa shape index (κ1) is 14.8. The van der Waals surface area contributed by atoms with E-state index in [1.54, 1.807) is 0 Å². The molecule has 1 saturated heterocycles. The minimum Gasteiger partial charge on any atom is -0.312 e. The van der Waals surface area contributed by atoms with Gasteiger partial charge in [0.05, 0.1) is 0 Å². The van der Waals surface area contributed by atoms with Gasteiger partial charge < -0.3 is 10.2 Å². The molecular weight excluding hydrogens is 244 g/mol. The normalized spacial score (nSPS) is 31.5. The smallest absolute Gasteiger partial charge is 0.0223 e. The number of nitrogens with one attached hydrogen (secondary N) is 1. The van der Waals surface area contributed by atoms with Crippen LogP contribution in [0.2, 0.25) is 0 Å². The quantitative estimate of drug-likeness (QED) is 0.841. The summed E-state index contributed by atoms with van der Waals surface area (Å²) in [5.74, 6) is 2.02. The van der Waals surface area contributed by atoms with Gasteiger partial charge in [-0.05, 0) is 57.2 Å². The summed E-state index contributed by atoms with van der Waals surface area (Å²) in [5, 5.41) is 3.87. The molecular formula is C18H34N2. The average molecular weight is 278 g/mol. The van der Waals surface area contributed by atoms with Crippen molar-refractivity contribution >= 4 is 0 Å². The fraction of sp³-hybridized carbons (Fsp3) is 1.00. The molecule has 0 radical (unpaired) electrons. The van der Waals surface area contributed by atoms with Gasteiger partial charge in [0, 0.05) is 12.6 Å². The van der Waals surface area contributed by atoms with Crippen LogP contribution in [0.1, 0.15) is 70.6 Å². The summed E-state index contributed by atoms with van der Waals surface area (Å²) in [6, 6.07) is 0.793. The largest absolute Gasteiger partial charge is 0.312 e. The zero-order valence-electron chi connectivity index (χ0n) is 13.3. The second-order valence-electron chi connectivity index (χ2n) is 7.55. The van der Waals surface area contributed by atoms with Crippen LogP contribution in [0.15, 0.2) is 0 Å². The molecule has 20 heavy (non-hydrogen) atoms. The van der Waals surface area contributed by atoms with Crippen molar-refractivity contribution < 1.29 is 0 Å². The van der Waals surface area contributed by atoms with Crippen LogP contribution < -0.4 is 5.32 Å². The summed E-state index contributed by atoms with van der Waals surface area (Å²) in [4.78, 5) is 2.79. The van der Waals surface area contributed by atoms with Crippen LogP contribution in [-0.2, 0) is 0 Å². The number of rotatable bonds is 4. The van der Waals surface area contributed by atoms with Gasteiger partial charge in [0.25, 0.3) is 0 Å². The van der Waals surface area contributed by atoms with E-state index in [1.165, 1.54) is 96.8 Å². The molecule has 1 N–H and O–H groups in total. The highest BCUT2D eigenvalue weighted by molar-refractivity contribution is 4.85. The zero-order chi connectivity index (χ0) is 13.6. The van der Waals surface area contributed by atoms with Gasteiger partial charge in [0.2, 0.25) is 0 Å². The fourth-order valence-corrected chi connectivity index (χ4v) is 4.74. The van der Waals surface area contributed by atoms with Crippen molar-refractivity contribution in [2.75, 3.05) is 26.2 Å². The van der Waals surface area contributed by atoms with Gasteiger partial charge >= 0.3 is 0 Å². The lowest BCUT2D eigenvalue weighted by atomic mass is 9.83. The van der Waals surface area contributed by atoms with Crippen LogP contribution in [0.3, 0.4) is 0 Å². The van der Waals surface area contributed by atoms with Gasteiger partial charge in [-0.25, -0.2) is 0 Å². The standard InChI is InChI=1S/C18H34N2/c1-2-9-17(10-3-1)18-15-20(13-6-12-19-18)14-11-16-7-4-5-8-16/h16-19H,1-15H2. The first-order valence-corrected chi connectivity index (χ1v) is 9.37. The molecule has 2 heteroatoms. The highest BCUT2D eigenvalue weighted by Crippen LogP contribution is 2.29. The summed E-state index contributed by atoms with van der Waals surface area (Å²) in [6.45, 7) is 5.29. The Kier molecular flexibility index (Phi) is 5.78. The SMILES string of the molecule is C1CCC(C2CN(CCC3CCCC3)CCCN2)CC1. The maximum Gasteiger partial charge on any atom is 0.0223 e. The molecule has 0 aromatic heterocycles. The van der Waals surface area contributed by atoms with Crippen LogP contribution in [0.5, 0.6) is 0 Å². The molecule has 0 aromatic rings. The van der Waals surface area contributed by atoms with Gasteiger partial charge in [-0.3, -0.25) is 0 Å². The van der Waals surface area contributed by atoms with Crippen LogP contribution in [0.4, 0.5) is 0 Å². The molecule has 0 spiro atoms. The third-order valence-corrected chi connectivity index (χ3v) is 6.06. The summed E-state index contributed by atoms with van der Waals surface area (Å²) in [5.41, 5.74) is 0. The first-order valence-electron chi connectivity index (χ1n) is 9.37. The molecule has 0 bridgehead atoms. The Balaban J connectivity index is 1.46. The Morgan fingerprint density at radius 2 is 1.60 bits per heavy atom. The maximum atomic E-state index is 3.87. The Morgan fingerprint density at radius 3 is 2.40 bits per heavy atom. The van der Waals surface area contributed by atoms with E-state index < -0.39 is 0 Å². The summed E-state index contributed by atoms with van der Waals surface area (Å²) >= 11 is 0. The molecule has 2 nitrogen and oxygen atoms in total. The molecule has 3 aliphatic rings. The maximum absolute atomic E-state index is 3.87. The summed E-state index contributed by atoms with van der Waals surface area (Å²) in [7, 11) is 0. The van der Waals surface area contributed by atoms with E-state index in [9.17, 15) is 0 Å². The lowest BCUT2D eigenvalue weighted by Gasteiger charge is -2.33. The molecule has 1 atom stereocenters. The topological polar surface area (TPSA) is 15.3 Å². The molecule has 1 heterocycles. The predicted molar refractivity (Wildman–Crippen MR) is 86.0 cm³/mol. The molecule has 1 aliphatic heterocycles. The molecule has 3 fully saturated rings. The lowest BCUT2D eigenvalue weighted by Crippen LogP contribution is -2.44. The predicted octanol–water partition coefficient (Wildman–Crippen LogP) is 3.81. The Bertz CT molecular complexity index is 267. The van der Waals surface area contributed by atoms with Crippen molar-refractivity contribution in [3.05, 3.63) is 0 Å². The Morgan fingerprint density at radius 1 is 0.850 bits per heavy atom. The van der Waals surface area contributed by atoms with Crippen molar-refractivity contribution in [1.29, 1.82) is 0 Å². The monoisotopic (exact) mass is 278 g/mol. The second-order valence-corrected chi connectivity index (χ2v) is 7.55. The summed E-state index contributed by atoms with van der Waals surface area (Å²) in [6.07, 6.45) is 16.2. The van der Waals surface area contributed by atoms with E-state index in [1.807, 2.05) is 0 Å². The van der Waals surface area contributed by atoms with Crippen LogP contribution >= 0.6 is 0 Å². The third kappa shape index (κ3) is 4.21. The Labute approximate surface area is 125 Å². The van der Waals surface area contributed by atoms with Crippen molar-refractivity contribution in [1.82, 2.24) is 10.2 Å². The zero-order valence-corrected chi connectivity index (χ0v) is 13.3. The van der Waals surface area contributed by atoms with Crippen LogP contribution in [0, 0.1) is 11.8 Å². The summed E-state index contributed by atoms with van der Waals surface area (Å²) < 4.78 is 0. The van der Waals surface area contributed by atoms with E-state index in [4.69, 9.17) is 0 Å². The van der Waals surface area contributed by atoms with Crippen molar-refractivity contribution in [3.8, 4) is 0 Å². The van der Waals surface area contributed by atoms with E-state index in [-0.39, 0.29) is 0 Å². The molecule has 1 unspecified atom stereocenters. The number of nitrogens with zero attached hydrogens (tertiary/aromatic N) is 1. The highest BCUT2D eigenvalue weighted by atomic mass is 15.2. The second kappa shape index (κ2) is 7.79. The Hall–Kier alpha value is -0.0800. The average Bonchev–Trinajstić information content (AvgIpc) is 2.90. The lowest BCUT2D eigenvalue weighted by molar-refractivity contribution is 0.197. The van der Waals surface area contributed by atoms with Gasteiger partial charge in [0.1, 0.15) is 0 Å². The van der Waals surface area contributed by atoms with Crippen molar-refractivity contribution in [3.63, 3.8) is 0 Å². The minimum atomic E-state index is 0.793. The third-order valence-electron chi connectivity index (χ3n) is 6.06. The van der Waals surface area contributed by atoms with E-state index in [0.29, 0.717) is 0 Å². The van der Waals surface area contributed by atoms with E-state index in [2.05, 4.69) is 10.2 Å². The molecule has 2 saturated carbocycles. The molecule has 116 valence electrons. The van der Waals surface area contributed by atoms with Gasteiger partial charge in [-0.2, -0.15) is 0 Å². The highest BCUT2D eigenvalue weighted by Gasteiger charge is 2.27. The van der Waals surface area contributed by atoms with E-state index in [0.717, 1.165) is 17.9 Å². The van der Waals surface area contributed by atoms with Crippen LogP contribution in [-0.4, -0.2) is 37.1 Å². The van der Waals surface area contributed by atoms with Crippen molar-refractivity contribution in [2.45, 2.75) is 76.7 Å². The number of hydrogen-bond acceptors (Lipinski definition) is 2. The van der Waals surface area contributed by atoms with Crippen LogP contribution in [0.25, 0.3) is 0 Å².